The molecule has 1 unspecified atom stereocenters. The van der Waals surface area contributed by atoms with Gasteiger partial charge in [-0.05, 0) is 48.7 Å². The van der Waals surface area contributed by atoms with Gasteiger partial charge < -0.3 is 19.5 Å². The van der Waals surface area contributed by atoms with Crippen LogP contribution in [0.25, 0.3) is 0 Å². The first-order chi connectivity index (χ1) is 17.2. The molecule has 3 aromatic carbocycles. The number of methoxy groups -OCH3 is 3. The average molecular weight is 513 g/mol. The van der Waals surface area contributed by atoms with Crippen LogP contribution in [0.5, 0.6) is 17.2 Å². The van der Waals surface area contributed by atoms with Gasteiger partial charge in [-0.1, -0.05) is 43.3 Å². The summed E-state index contributed by atoms with van der Waals surface area (Å²) in [6.07, 6.45) is 0.679. The molecule has 0 radical (unpaired) electrons. The smallest absolute Gasteiger partial charge is 0.265 e. The van der Waals surface area contributed by atoms with E-state index >= 15 is 0 Å². The van der Waals surface area contributed by atoms with Gasteiger partial charge in [-0.3, -0.25) is 9.10 Å². The Bertz CT molecular complexity index is 1290. The minimum atomic E-state index is -4.21. The fourth-order valence-corrected chi connectivity index (χ4v) is 5.24. The van der Waals surface area contributed by atoms with Crippen LogP contribution in [0.2, 0.25) is 0 Å². The van der Waals surface area contributed by atoms with Crippen molar-refractivity contribution >= 4 is 21.6 Å². The molecule has 1 N–H and O–H groups in total. The van der Waals surface area contributed by atoms with Crippen molar-refractivity contribution in [3.8, 4) is 17.2 Å². The summed E-state index contributed by atoms with van der Waals surface area (Å²) in [5.41, 5.74) is 2.08. The summed E-state index contributed by atoms with van der Waals surface area (Å²) in [6, 6.07) is 18.7. The molecule has 1 amide bonds. The van der Waals surface area contributed by atoms with Gasteiger partial charge in [0, 0.05) is 6.07 Å². The molecule has 36 heavy (non-hydrogen) atoms. The highest BCUT2D eigenvalue weighted by atomic mass is 32.2. The van der Waals surface area contributed by atoms with Crippen LogP contribution >= 0.6 is 0 Å². The molecule has 0 saturated heterocycles. The summed E-state index contributed by atoms with van der Waals surface area (Å²) >= 11 is 0. The molecule has 0 aliphatic carbocycles. The quantitative estimate of drug-likeness (QED) is 0.411. The van der Waals surface area contributed by atoms with Crippen LogP contribution in [-0.2, 0) is 21.2 Å². The summed E-state index contributed by atoms with van der Waals surface area (Å²) in [6.45, 7) is 3.36. The third-order valence-corrected chi connectivity index (χ3v) is 7.58. The number of nitrogens with one attached hydrogen (secondary N) is 1. The van der Waals surface area contributed by atoms with Crippen LogP contribution < -0.4 is 23.8 Å². The Balaban J connectivity index is 2.06. The first kappa shape index (κ1) is 26.9. The summed E-state index contributed by atoms with van der Waals surface area (Å²) in [5, 5.41) is 2.90. The number of anilines is 1. The van der Waals surface area contributed by atoms with Gasteiger partial charge >= 0.3 is 0 Å². The van der Waals surface area contributed by atoms with E-state index in [0.717, 1.165) is 15.4 Å². The number of carbonyl (C=O) groups is 1. The number of hydrogen-bond acceptors (Lipinski definition) is 6. The third kappa shape index (κ3) is 5.91. The Hall–Kier alpha value is -3.72. The topological polar surface area (TPSA) is 94.2 Å². The largest absolute Gasteiger partial charge is 0.495 e. The zero-order chi connectivity index (χ0) is 26.3. The van der Waals surface area contributed by atoms with E-state index in [4.69, 9.17) is 14.2 Å². The van der Waals surface area contributed by atoms with Gasteiger partial charge in [-0.15, -0.1) is 0 Å². The maximum Gasteiger partial charge on any atom is 0.265 e. The number of nitrogens with zero attached hydrogens (tertiary/aromatic N) is 1. The maximum absolute atomic E-state index is 14.0. The zero-order valence-corrected chi connectivity index (χ0v) is 22.0. The first-order valence-electron chi connectivity index (χ1n) is 11.5. The van der Waals surface area contributed by atoms with Crippen LogP contribution in [0.3, 0.4) is 0 Å². The van der Waals surface area contributed by atoms with E-state index in [1.54, 1.807) is 12.1 Å². The second-order valence-corrected chi connectivity index (χ2v) is 9.95. The lowest BCUT2D eigenvalue weighted by molar-refractivity contribution is -0.120. The molecule has 0 fully saturated rings. The highest BCUT2D eigenvalue weighted by molar-refractivity contribution is 7.92. The monoisotopic (exact) mass is 512 g/mol. The van der Waals surface area contributed by atoms with E-state index in [-0.39, 0.29) is 22.4 Å². The first-order valence-corrected chi connectivity index (χ1v) is 12.9. The molecule has 0 aliphatic rings. The van der Waals surface area contributed by atoms with Crippen LogP contribution in [0.4, 0.5) is 5.69 Å². The molecule has 1 atom stereocenters. The van der Waals surface area contributed by atoms with Crippen molar-refractivity contribution in [2.24, 2.45) is 0 Å². The minimum absolute atomic E-state index is 0.0481. The molecule has 8 nitrogen and oxygen atoms in total. The van der Waals surface area contributed by atoms with Crippen molar-refractivity contribution in [1.29, 1.82) is 0 Å². The fourth-order valence-electron chi connectivity index (χ4n) is 3.80. The van der Waals surface area contributed by atoms with Crippen molar-refractivity contribution in [2.75, 3.05) is 32.2 Å². The van der Waals surface area contributed by atoms with Crippen molar-refractivity contribution < 1.29 is 27.4 Å². The predicted octanol–water partition coefficient (Wildman–Crippen LogP) is 4.35. The Morgan fingerprint density at radius 3 is 2.14 bits per heavy atom. The third-order valence-electron chi connectivity index (χ3n) is 5.83. The van der Waals surface area contributed by atoms with Crippen LogP contribution in [-0.4, -0.2) is 42.2 Å². The molecule has 0 spiro atoms. The molecule has 0 aliphatic heterocycles. The highest BCUT2D eigenvalue weighted by Crippen LogP contribution is 2.36. The lowest BCUT2D eigenvalue weighted by atomic mass is 10.1. The molecular formula is C27H32N2O6S. The van der Waals surface area contributed by atoms with E-state index in [0.29, 0.717) is 17.9 Å². The van der Waals surface area contributed by atoms with Gasteiger partial charge in [0.1, 0.15) is 12.3 Å². The number of aryl methyl sites for hydroxylation is 1. The minimum Gasteiger partial charge on any atom is -0.495 e. The number of rotatable bonds is 11. The van der Waals surface area contributed by atoms with Crippen molar-refractivity contribution in [3.05, 3.63) is 77.9 Å². The Kier molecular flexibility index (Phi) is 8.82. The lowest BCUT2D eigenvalue weighted by Crippen LogP contribution is -2.41. The Morgan fingerprint density at radius 2 is 1.53 bits per heavy atom. The van der Waals surface area contributed by atoms with Crippen molar-refractivity contribution in [1.82, 2.24) is 5.32 Å². The number of carbonyl (C=O) groups excluding carboxylic acids is 1. The molecule has 0 saturated carbocycles. The number of amides is 1. The van der Waals surface area contributed by atoms with Crippen molar-refractivity contribution in [3.63, 3.8) is 0 Å². The van der Waals surface area contributed by atoms with E-state index in [2.05, 4.69) is 5.32 Å². The number of ether oxygens (including phenoxy) is 3. The summed E-state index contributed by atoms with van der Waals surface area (Å²) < 4.78 is 45.0. The number of benzene rings is 3. The summed E-state index contributed by atoms with van der Waals surface area (Å²) in [4.78, 5) is 13.1. The second kappa shape index (κ2) is 11.8. The lowest BCUT2D eigenvalue weighted by Gasteiger charge is -2.27. The molecule has 3 rings (SSSR count). The molecule has 192 valence electrons. The molecule has 3 aromatic rings. The highest BCUT2D eigenvalue weighted by Gasteiger charge is 2.31. The normalized spacial score (nSPS) is 11.9. The van der Waals surface area contributed by atoms with E-state index in [9.17, 15) is 13.2 Å². The molecular weight excluding hydrogens is 480 g/mol. The average Bonchev–Trinajstić information content (AvgIpc) is 2.91. The number of sulfonamides is 1. The van der Waals surface area contributed by atoms with Gasteiger partial charge in [0.15, 0.2) is 11.5 Å². The van der Waals surface area contributed by atoms with Crippen LogP contribution in [0, 0.1) is 0 Å². The van der Waals surface area contributed by atoms with Gasteiger partial charge in [0.2, 0.25) is 5.91 Å². The van der Waals surface area contributed by atoms with Gasteiger partial charge in [0.25, 0.3) is 10.0 Å². The summed E-state index contributed by atoms with van der Waals surface area (Å²) in [7, 11) is 0.152. The maximum atomic E-state index is 14.0. The Morgan fingerprint density at radius 1 is 0.889 bits per heavy atom. The predicted molar refractivity (Wildman–Crippen MR) is 139 cm³/mol. The van der Waals surface area contributed by atoms with Gasteiger partial charge in [-0.2, -0.15) is 0 Å². The van der Waals surface area contributed by atoms with E-state index < -0.39 is 22.5 Å². The van der Waals surface area contributed by atoms with Gasteiger partial charge in [-0.25, -0.2) is 8.42 Å². The second-order valence-electron chi connectivity index (χ2n) is 8.09. The SMILES string of the molecule is CCc1ccc(OC)c(N(CC(=O)NC(C)c2ccccc2)S(=O)(=O)c2ccc(OC)c(OC)c2)c1. The summed E-state index contributed by atoms with van der Waals surface area (Å²) in [5.74, 6) is 0.525. The molecule has 0 bridgehead atoms. The van der Waals surface area contributed by atoms with Crippen molar-refractivity contribution in [2.45, 2.75) is 31.2 Å². The number of hydrogen-bond donors (Lipinski definition) is 1. The Labute approximate surface area is 212 Å². The fraction of sp³-hybridized carbons (Fsp3) is 0.296. The molecule has 0 aromatic heterocycles. The van der Waals surface area contributed by atoms with Crippen LogP contribution in [0.15, 0.2) is 71.6 Å². The standard InChI is InChI=1S/C27H32N2O6S/c1-6-20-12-14-24(33-3)23(16-20)29(18-27(30)28-19(2)21-10-8-7-9-11-21)36(31,32)22-13-15-25(34-4)26(17-22)35-5/h7-17,19H,6,18H2,1-5H3,(H,28,30). The van der Waals surface area contributed by atoms with E-state index in [1.807, 2.05) is 50.2 Å². The van der Waals surface area contributed by atoms with Crippen LogP contribution in [0.1, 0.15) is 31.0 Å². The molecule has 0 heterocycles. The van der Waals surface area contributed by atoms with Gasteiger partial charge in [0.05, 0.1) is 38.0 Å². The van der Waals surface area contributed by atoms with E-state index in [1.165, 1.54) is 39.5 Å². The zero-order valence-electron chi connectivity index (χ0n) is 21.1. The molecule has 9 heteroatoms.